The van der Waals surface area contributed by atoms with Gasteiger partial charge in [0.2, 0.25) is 0 Å². The number of hydrogen-bond acceptors (Lipinski definition) is 6. The summed E-state index contributed by atoms with van der Waals surface area (Å²) in [5.74, 6) is 0. The van der Waals surface area contributed by atoms with E-state index in [9.17, 15) is 14.3 Å². The van der Waals surface area contributed by atoms with Gasteiger partial charge in [0.05, 0.1) is 6.10 Å². The Balaban J connectivity index is 1.96. The molecule has 7 nitrogen and oxygen atoms in total. The predicted octanol–water partition coefficient (Wildman–Crippen LogP) is 2.90. The fourth-order valence-corrected chi connectivity index (χ4v) is 4.75. The van der Waals surface area contributed by atoms with E-state index < -0.39 is 44.3 Å². The first-order valence-corrected chi connectivity index (χ1v) is 12.5. The monoisotopic (exact) mass is 408 g/mol. The van der Waals surface area contributed by atoms with Gasteiger partial charge in [-0.15, -0.1) is 0 Å². The second-order valence-corrected chi connectivity index (χ2v) is 14.1. The van der Waals surface area contributed by atoms with Gasteiger partial charge in [0.25, 0.3) is 0 Å². The summed E-state index contributed by atoms with van der Waals surface area (Å²) in [6.45, 7) is 11.1. The highest BCUT2D eigenvalue weighted by atomic mass is 32.2. The van der Waals surface area contributed by atoms with E-state index in [1.807, 2.05) is 0 Å². The first-order chi connectivity index (χ1) is 11.8. The molecule has 0 aromatic heterocycles. The van der Waals surface area contributed by atoms with E-state index >= 15 is 0 Å². The van der Waals surface area contributed by atoms with Gasteiger partial charge in [-0.3, -0.25) is 9.89 Å². The van der Waals surface area contributed by atoms with Crippen LogP contribution in [0.2, 0.25) is 18.1 Å². The van der Waals surface area contributed by atoms with Gasteiger partial charge in [-0.25, -0.2) is 9.18 Å². The molecular formula is C16H29FN2O5SSi. The molecule has 2 aliphatic heterocycles. The van der Waals surface area contributed by atoms with Crippen LogP contribution in [-0.4, -0.2) is 78.2 Å². The smallest absolute Gasteiger partial charge is 0.413 e. The van der Waals surface area contributed by atoms with Gasteiger partial charge in [-0.2, -0.15) is 0 Å². The molecule has 0 radical (unpaired) electrons. The van der Waals surface area contributed by atoms with Crippen LogP contribution in [-0.2, 0) is 9.16 Å². The number of amidine groups is 1. The van der Waals surface area contributed by atoms with E-state index in [0.717, 1.165) is 16.7 Å². The Hall–Kier alpha value is -0.683. The largest absolute Gasteiger partial charge is 0.465 e. The summed E-state index contributed by atoms with van der Waals surface area (Å²) < 4.78 is 26.5. The summed E-state index contributed by atoms with van der Waals surface area (Å²) in [6.07, 6.45) is -4.41. The second kappa shape index (κ2) is 7.74. The van der Waals surface area contributed by atoms with Crippen molar-refractivity contribution >= 4 is 31.3 Å². The lowest BCUT2D eigenvalue weighted by atomic mass is 9.98. The third kappa shape index (κ3) is 4.41. The van der Waals surface area contributed by atoms with Crippen LogP contribution in [0.4, 0.5) is 9.18 Å². The number of aliphatic imine (C=N–C) groups is 1. The molecule has 0 bridgehead atoms. The summed E-state index contributed by atoms with van der Waals surface area (Å²) in [6, 6.07) is -0.899. The van der Waals surface area contributed by atoms with Crippen LogP contribution < -0.4 is 0 Å². The zero-order chi connectivity index (χ0) is 19.9. The molecule has 1 amide bonds. The van der Waals surface area contributed by atoms with Crippen molar-refractivity contribution in [3.05, 3.63) is 0 Å². The zero-order valence-corrected chi connectivity index (χ0v) is 17.9. The normalized spacial score (nSPS) is 32.2. The Morgan fingerprint density at radius 3 is 2.62 bits per heavy atom. The minimum atomic E-state index is -1.92. The highest BCUT2D eigenvalue weighted by molar-refractivity contribution is 8.14. The maximum Gasteiger partial charge on any atom is 0.413 e. The standard InChI is InChI=1S/C16H29FN2O5SSi/c1-16(2,3)26(5,6)23-8-7-9-12(20)10(17)11-13(24-9)25-14(18-11)19(4)15(21)22/h9-13,20H,7-8H2,1-6H3,(H,21,22)/t9-,10-,11+,12+,13+/m0/s1. The van der Waals surface area contributed by atoms with Crippen LogP contribution in [0.3, 0.4) is 0 Å². The Labute approximate surface area is 159 Å². The average Bonchev–Trinajstić information content (AvgIpc) is 2.94. The number of amides is 1. The van der Waals surface area contributed by atoms with Crippen molar-refractivity contribution < 1.29 is 28.6 Å². The summed E-state index contributed by atoms with van der Waals surface area (Å²) in [7, 11) is -0.577. The number of fused-ring (bicyclic) bond motifs is 1. The van der Waals surface area contributed by atoms with Crippen molar-refractivity contribution in [1.82, 2.24) is 4.90 Å². The quantitative estimate of drug-likeness (QED) is 0.695. The maximum absolute atomic E-state index is 14.6. The molecule has 0 aromatic carbocycles. The van der Waals surface area contributed by atoms with Crippen LogP contribution in [0.25, 0.3) is 0 Å². The van der Waals surface area contributed by atoms with Crippen LogP contribution >= 0.6 is 11.8 Å². The minimum Gasteiger partial charge on any atom is -0.465 e. The average molecular weight is 409 g/mol. The highest BCUT2D eigenvalue weighted by Gasteiger charge is 2.50. The van der Waals surface area contributed by atoms with Gasteiger partial charge < -0.3 is 19.4 Å². The second-order valence-electron chi connectivity index (χ2n) is 8.24. The molecule has 2 rings (SSSR count). The van der Waals surface area contributed by atoms with Crippen molar-refractivity contribution in [3.8, 4) is 0 Å². The number of halogens is 1. The molecule has 5 atom stereocenters. The number of carboxylic acid groups (broad SMARTS) is 1. The molecule has 10 heteroatoms. The van der Waals surface area contributed by atoms with Crippen molar-refractivity contribution in [2.24, 2.45) is 4.99 Å². The van der Waals surface area contributed by atoms with Gasteiger partial charge in [0.15, 0.2) is 19.7 Å². The fraction of sp³-hybridized carbons (Fsp3) is 0.875. The van der Waals surface area contributed by atoms with E-state index in [2.05, 4.69) is 38.9 Å². The number of alkyl halides is 1. The van der Waals surface area contributed by atoms with Crippen LogP contribution in [0.5, 0.6) is 0 Å². The van der Waals surface area contributed by atoms with Crippen LogP contribution in [0.1, 0.15) is 27.2 Å². The van der Waals surface area contributed by atoms with Gasteiger partial charge >= 0.3 is 6.09 Å². The molecule has 0 aliphatic carbocycles. The van der Waals surface area contributed by atoms with Gasteiger partial charge in [0.1, 0.15) is 17.6 Å². The van der Waals surface area contributed by atoms with E-state index in [4.69, 9.17) is 14.3 Å². The van der Waals surface area contributed by atoms with Crippen LogP contribution in [0.15, 0.2) is 4.99 Å². The molecule has 26 heavy (non-hydrogen) atoms. The molecule has 0 aromatic rings. The maximum atomic E-state index is 14.6. The number of aliphatic hydroxyl groups is 1. The fourth-order valence-electron chi connectivity index (χ4n) is 2.51. The Bertz CT molecular complexity index is 571. The number of thioether (sulfide) groups is 1. The summed E-state index contributed by atoms with van der Waals surface area (Å²) >= 11 is 1.07. The summed E-state index contributed by atoms with van der Waals surface area (Å²) in [4.78, 5) is 16.1. The molecule has 2 aliphatic rings. The molecule has 1 fully saturated rings. The first-order valence-electron chi connectivity index (χ1n) is 8.68. The lowest BCUT2D eigenvalue weighted by molar-refractivity contribution is -0.135. The number of rotatable bonds is 4. The molecule has 1 saturated heterocycles. The van der Waals surface area contributed by atoms with E-state index in [0.29, 0.717) is 13.0 Å². The molecular weight excluding hydrogens is 379 g/mol. The SMILES string of the molecule is CN(C(=O)O)C1=N[C@@H]2[C@H](F)[C@H](O)[C@H](CCO[Si](C)(C)C(C)(C)C)O[C@@H]2S1. The third-order valence-electron chi connectivity index (χ3n) is 5.35. The molecule has 0 saturated carbocycles. The summed E-state index contributed by atoms with van der Waals surface area (Å²) in [5, 5.41) is 19.5. The lowest BCUT2D eigenvalue weighted by Gasteiger charge is -2.39. The molecule has 150 valence electrons. The Morgan fingerprint density at radius 1 is 1.46 bits per heavy atom. The van der Waals surface area contributed by atoms with Gasteiger partial charge in [-0.05, 0) is 24.6 Å². The van der Waals surface area contributed by atoms with Crippen molar-refractivity contribution in [2.75, 3.05) is 13.7 Å². The van der Waals surface area contributed by atoms with Gasteiger partial charge in [-0.1, -0.05) is 32.5 Å². The summed E-state index contributed by atoms with van der Waals surface area (Å²) in [5.41, 5.74) is -0.636. The first kappa shape index (κ1) is 21.6. The van der Waals surface area contributed by atoms with Crippen molar-refractivity contribution in [3.63, 3.8) is 0 Å². The number of nitrogens with zero attached hydrogens (tertiary/aromatic N) is 2. The van der Waals surface area contributed by atoms with E-state index in [1.54, 1.807) is 0 Å². The molecule has 0 spiro atoms. The number of carbonyl (C=O) groups is 1. The number of ether oxygens (including phenoxy) is 1. The highest BCUT2D eigenvalue weighted by Crippen LogP contribution is 2.40. The molecule has 2 N–H and O–H groups in total. The van der Waals surface area contributed by atoms with Crippen LogP contribution in [0, 0.1) is 0 Å². The minimum absolute atomic E-state index is 0.0677. The van der Waals surface area contributed by atoms with Crippen molar-refractivity contribution in [2.45, 2.75) is 75.2 Å². The topological polar surface area (TPSA) is 91.6 Å². The predicted molar refractivity (Wildman–Crippen MR) is 102 cm³/mol. The van der Waals surface area contributed by atoms with Crippen molar-refractivity contribution in [1.29, 1.82) is 0 Å². The lowest BCUT2D eigenvalue weighted by Crippen LogP contribution is -2.53. The van der Waals surface area contributed by atoms with E-state index in [-0.39, 0.29) is 10.2 Å². The number of aliphatic hydroxyl groups excluding tert-OH is 1. The number of hydrogen-bond donors (Lipinski definition) is 2. The zero-order valence-electron chi connectivity index (χ0n) is 16.1. The molecule has 0 unspecified atom stereocenters. The Morgan fingerprint density at radius 2 is 2.08 bits per heavy atom. The third-order valence-corrected chi connectivity index (χ3v) is 11.1. The molecule has 2 heterocycles. The van der Waals surface area contributed by atoms with Gasteiger partial charge in [0, 0.05) is 13.7 Å². The van der Waals surface area contributed by atoms with E-state index in [1.165, 1.54) is 7.05 Å². The Kier molecular flexibility index (Phi) is 6.44.